The van der Waals surface area contributed by atoms with E-state index in [4.69, 9.17) is 0 Å². The van der Waals surface area contributed by atoms with Crippen LogP contribution in [0.4, 0.5) is 5.69 Å². The zero-order chi connectivity index (χ0) is 14.8. The second kappa shape index (κ2) is 6.10. The highest BCUT2D eigenvalue weighted by Gasteiger charge is 2.28. The molecule has 0 amide bonds. The standard InChI is InChI=1S/C18H21NOS/c1-3-19-16-10-9-14-6-4-5-7-15(14)18(16)21-17(19)11-8-13(2)12-20/h8-12H,3-7H2,1-2H3/b13-8-,17-11+. The number of rotatable bonds is 3. The van der Waals surface area contributed by atoms with Crippen molar-refractivity contribution in [1.82, 2.24) is 0 Å². The number of fused-ring (bicyclic) bond motifs is 3. The first-order valence-electron chi connectivity index (χ1n) is 7.68. The molecule has 0 spiro atoms. The van der Waals surface area contributed by atoms with Crippen LogP contribution >= 0.6 is 11.8 Å². The molecular formula is C18H21NOS. The van der Waals surface area contributed by atoms with Gasteiger partial charge in [0.05, 0.1) is 10.7 Å². The molecule has 0 N–H and O–H groups in total. The third kappa shape index (κ3) is 2.67. The number of hydrogen-bond donors (Lipinski definition) is 0. The molecule has 0 saturated heterocycles. The zero-order valence-electron chi connectivity index (χ0n) is 12.7. The minimum absolute atomic E-state index is 0.761. The first kappa shape index (κ1) is 14.5. The maximum absolute atomic E-state index is 10.8. The second-order valence-electron chi connectivity index (χ2n) is 5.64. The fourth-order valence-corrected chi connectivity index (χ4v) is 4.40. The van der Waals surface area contributed by atoms with Gasteiger partial charge in [0, 0.05) is 11.4 Å². The quantitative estimate of drug-likeness (QED) is 0.606. The van der Waals surface area contributed by atoms with Crippen molar-refractivity contribution in [2.75, 3.05) is 11.4 Å². The first-order valence-corrected chi connectivity index (χ1v) is 8.50. The predicted octanol–water partition coefficient (Wildman–Crippen LogP) is 4.48. The molecule has 2 aliphatic rings. The van der Waals surface area contributed by atoms with E-state index in [1.165, 1.54) is 46.9 Å². The highest BCUT2D eigenvalue weighted by molar-refractivity contribution is 8.03. The van der Waals surface area contributed by atoms with Crippen molar-refractivity contribution in [2.24, 2.45) is 0 Å². The van der Waals surface area contributed by atoms with Gasteiger partial charge >= 0.3 is 0 Å². The molecule has 0 bridgehead atoms. The third-order valence-electron chi connectivity index (χ3n) is 4.21. The summed E-state index contributed by atoms with van der Waals surface area (Å²) in [6.07, 6.45) is 9.95. The molecular weight excluding hydrogens is 278 g/mol. The molecule has 0 fully saturated rings. The molecule has 3 heteroatoms. The minimum atomic E-state index is 0.761. The van der Waals surface area contributed by atoms with Gasteiger partial charge in [-0.3, -0.25) is 4.79 Å². The lowest BCUT2D eigenvalue weighted by Crippen LogP contribution is -2.16. The molecule has 1 aliphatic heterocycles. The second-order valence-corrected chi connectivity index (χ2v) is 6.67. The highest BCUT2D eigenvalue weighted by atomic mass is 32.2. The van der Waals surface area contributed by atoms with Crippen LogP contribution in [0, 0.1) is 0 Å². The number of benzene rings is 1. The van der Waals surface area contributed by atoms with Crippen molar-refractivity contribution >= 4 is 23.7 Å². The van der Waals surface area contributed by atoms with Crippen LogP contribution in [-0.2, 0) is 17.6 Å². The molecule has 0 radical (unpaired) electrons. The van der Waals surface area contributed by atoms with E-state index < -0.39 is 0 Å². The zero-order valence-corrected chi connectivity index (χ0v) is 13.5. The van der Waals surface area contributed by atoms with Crippen molar-refractivity contribution in [1.29, 1.82) is 0 Å². The van der Waals surface area contributed by atoms with Crippen LogP contribution in [0.5, 0.6) is 0 Å². The molecule has 1 aliphatic carbocycles. The van der Waals surface area contributed by atoms with Crippen LogP contribution in [0.25, 0.3) is 0 Å². The van der Waals surface area contributed by atoms with Crippen molar-refractivity contribution in [3.8, 4) is 0 Å². The Labute approximate surface area is 130 Å². The Morgan fingerprint density at radius 2 is 2.14 bits per heavy atom. The summed E-state index contributed by atoms with van der Waals surface area (Å²) in [6, 6.07) is 4.58. The van der Waals surface area contributed by atoms with E-state index in [1.807, 2.05) is 24.8 Å². The fourth-order valence-electron chi connectivity index (χ4n) is 3.08. The lowest BCUT2D eigenvalue weighted by atomic mass is 9.91. The molecule has 21 heavy (non-hydrogen) atoms. The van der Waals surface area contributed by atoms with E-state index in [0.717, 1.165) is 18.4 Å². The normalized spacial score (nSPS) is 19.6. The van der Waals surface area contributed by atoms with Crippen LogP contribution in [0.3, 0.4) is 0 Å². The van der Waals surface area contributed by atoms with Gasteiger partial charge in [-0.25, -0.2) is 0 Å². The van der Waals surface area contributed by atoms with Gasteiger partial charge in [-0.05, 0) is 68.4 Å². The maximum Gasteiger partial charge on any atom is 0.145 e. The van der Waals surface area contributed by atoms with E-state index in [0.29, 0.717) is 0 Å². The van der Waals surface area contributed by atoms with Gasteiger partial charge in [0.25, 0.3) is 0 Å². The molecule has 0 saturated carbocycles. The average molecular weight is 299 g/mol. The Kier molecular flexibility index (Phi) is 4.20. The Hall–Kier alpha value is -1.48. The van der Waals surface area contributed by atoms with Crippen molar-refractivity contribution in [2.45, 2.75) is 44.4 Å². The summed E-state index contributed by atoms with van der Waals surface area (Å²) in [4.78, 5) is 14.5. The van der Waals surface area contributed by atoms with Crippen molar-refractivity contribution in [3.05, 3.63) is 46.0 Å². The Morgan fingerprint density at radius 1 is 1.33 bits per heavy atom. The molecule has 0 atom stereocenters. The van der Waals surface area contributed by atoms with Crippen LogP contribution in [-0.4, -0.2) is 12.8 Å². The number of aryl methyl sites for hydroxylation is 1. The van der Waals surface area contributed by atoms with E-state index in [2.05, 4.69) is 30.0 Å². The van der Waals surface area contributed by atoms with E-state index >= 15 is 0 Å². The lowest BCUT2D eigenvalue weighted by molar-refractivity contribution is -0.104. The van der Waals surface area contributed by atoms with Crippen LogP contribution in [0.1, 0.15) is 37.8 Å². The predicted molar refractivity (Wildman–Crippen MR) is 89.9 cm³/mol. The molecule has 0 aromatic heterocycles. The molecule has 2 nitrogen and oxygen atoms in total. The lowest BCUT2D eigenvalue weighted by Gasteiger charge is -2.21. The van der Waals surface area contributed by atoms with Gasteiger partial charge in [-0.15, -0.1) is 0 Å². The largest absolute Gasteiger partial charge is 0.335 e. The summed E-state index contributed by atoms with van der Waals surface area (Å²) in [5.41, 5.74) is 5.19. The van der Waals surface area contributed by atoms with Crippen LogP contribution < -0.4 is 4.90 Å². The van der Waals surface area contributed by atoms with Crippen LogP contribution in [0.15, 0.2) is 39.8 Å². The van der Waals surface area contributed by atoms with Gasteiger partial charge < -0.3 is 4.90 Å². The SMILES string of the molecule is CCN1/C(=C\C=C(\C)C=O)Sc2c1ccc1c2CCCC1. The molecule has 1 aromatic rings. The number of carbonyl (C=O) groups excluding carboxylic acids is 1. The Balaban J connectivity index is 2.01. The highest BCUT2D eigenvalue weighted by Crippen LogP contribution is 2.49. The number of anilines is 1. The van der Waals surface area contributed by atoms with Gasteiger partial charge in [0.1, 0.15) is 6.29 Å². The summed E-state index contributed by atoms with van der Waals surface area (Å²) in [5, 5.41) is 1.23. The number of nitrogens with zero attached hydrogens (tertiary/aromatic N) is 1. The molecule has 1 aromatic carbocycles. The number of aldehydes is 1. The molecule has 0 unspecified atom stereocenters. The monoisotopic (exact) mass is 299 g/mol. The number of thioether (sulfide) groups is 1. The van der Waals surface area contributed by atoms with Gasteiger partial charge in [0.15, 0.2) is 0 Å². The number of allylic oxidation sites excluding steroid dienone is 3. The maximum atomic E-state index is 10.8. The van der Waals surface area contributed by atoms with E-state index in [1.54, 1.807) is 5.56 Å². The molecule has 3 rings (SSSR count). The summed E-state index contributed by atoms with van der Waals surface area (Å²) in [5.74, 6) is 0. The Morgan fingerprint density at radius 3 is 2.90 bits per heavy atom. The van der Waals surface area contributed by atoms with Crippen LogP contribution in [0.2, 0.25) is 0 Å². The number of carbonyl (C=O) groups is 1. The summed E-state index contributed by atoms with van der Waals surface area (Å²) in [6.45, 7) is 4.98. The average Bonchev–Trinajstić information content (AvgIpc) is 2.90. The number of hydrogen-bond acceptors (Lipinski definition) is 3. The fraction of sp³-hybridized carbons (Fsp3) is 0.389. The van der Waals surface area contributed by atoms with Gasteiger partial charge in [-0.1, -0.05) is 23.9 Å². The molecule has 1 heterocycles. The van der Waals surface area contributed by atoms with Crippen molar-refractivity contribution < 1.29 is 4.79 Å². The van der Waals surface area contributed by atoms with E-state index in [9.17, 15) is 4.79 Å². The minimum Gasteiger partial charge on any atom is -0.335 e. The summed E-state index contributed by atoms with van der Waals surface area (Å²) < 4.78 is 0. The van der Waals surface area contributed by atoms with Gasteiger partial charge in [0.2, 0.25) is 0 Å². The Bertz CT molecular complexity index is 630. The topological polar surface area (TPSA) is 20.3 Å². The summed E-state index contributed by atoms with van der Waals surface area (Å²) in [7, 11) is 0. The molecule has 110 valence electrons. The third-order valence-corrected chi connectivity index (χ3v) is 5.44. The first-order chi connectivity index (χ1) is 10.2. The smallest absolute Gasteiger partial charge is 0.145 e. The van der Waals surface area contributed by atoms with E-state index in [-0.39, 0.29) is 0 Å². The van der Waals surface area contributed by atoms with Gasteiger partial charge in [-0.2, -0.15) is 0 Å². The summed E-state index contributed by atoms with van der Waals surface area (Å²) >= 11 is 1.86. The van der Waals surface area contributed by atoms with Crippen molar-refractivity contribution in [3.63, 3.8) is 0 Å².